The van der Waals surface area contributed by atoms with Gasteiger partial charge in [0.1, 0.15) is 12.0 Å². The molecule has 0 fully saturated rings. The number of thioether (sulfide) groups is 1. The highest BCUT2D eigenvalue weighted by atomic mass is 32.2. The van der Waals surface area contributed by atoms with Gasteiger partial charge < -0.3 is 14.8 Å². The third-order valence-electron chi connectivity index (χ3n) is 1.75. The van der Waals surface area contributed by atoms with Gasteiger partial charge in [0.25, 0.3) is 5.91 Å². The molecule has 0 saturated heterocycles. The Morgan fingerprint density at radius 3 is 2.88 bits per heavy atom. The van der Waals surface area contributed by atoms with Crippen LogP contribution in [-0.2, 0) is 4.79 Å². The Bertz CT molecular complexity index is 375. The maximum atomic E-state index is 11.5. The van der Waals surface area contributed by atoms with Crippen LogP contribution in [0.4, 0.5) is 0 Å². The Morgan fingerprint density at radius 2 is 2.31 bits per heavy atom. The molecule has 0 unspecified atom stereocenters. The highest BCUT2D eigenvalue weighted by molar-refractivity contribution is 7.99. The second-order valence-corrected chi connectivity index (χ2v) is 4.25. The van der Waals surface area contributed by atoms with Crippen molar-refractivity contribution in [3.63, 3.8) is 0 Å². The van der Waals surface area contributed by atoms with E-state index < -0.39 is 5.97 Å². The van der Waals surface area contributed by atoms with E-state index in [1.54, 1.807) is 13.0 Å². The minimum atomic E-state index is -0.846. The van der Waals surface area contributed by atoms with Gasteiger partial charge in [-0.3, -0.25) is 9.59 Å². The topological polar surface area (TPSA) is 79.5 Å². The van der Waals surface area contributed by atoms with Gasteiger partial charge in [-0.25, -0.2) is 0 Å². The Balaban J connectivity index is 2.18. The van der Waals surface area contributed by atoms with Crippen LogP contribution in [0.1, 0.15) is 16.1 Å². The van der Waals surface area contributed by atoms with Gasteiger partial charge in [0, 0.05) is 12.3 Å². The van der Waals surface area contributed by atoms with Crippen molar-refractivity contribution in [3.8, 4) is 0 Å². The highest BCUT2D eigenvalue weighted by Gasteiger charge is 2.07. The van der Waals surface area contributed by atoms with Crippen LogP contribution in [-0.4, -0.2) is 35.0 Å². The fourth-order valence-electron chi connectivity index (χ4n) is 1.06. The predicted molar refractivity (Wildman–Crippen MR) is 60.7 cm³/mol. The summed E-state index contributed by atoms with van der Waals surface area (Å²) in [6.45, 7) is 2.21. The zero-order valence-electron chi connectivity index (χ0n) is 8.86. The van der Waals surface area contributed by atoms with Gasteiger partial charge in [-0.15, -0.1) is 11.8 Å². The van der Waals surface area contributed by atoms with Crippen molar-refractivity contribution in [3.05, 3.63) is 23.7 Å². The second-order valence-electron chi connectivity index (χ2n) is 3.15. The molecule has 0 saturated carbocycles. The molecule has 88 valence electrons. The quantitative estimate of drug-likeness (QED) is 0.732. The third kappa shape index (κ3) is 4.39. The van der Waals surface area contributed by atoms with E-state index in [0.29, 0.717) is 23.6 Å². The summed E-state index contributed by atoms with van der Waals surface area (Å²) < 4.78 is 5.00. The van der Waals surface area contributed by atoms with Gasteiger partial charge in [-0.05, 0) is 13.0 Å². The fraction of sp³-hybridized carbons (Fsp3) is 0.400. The van der Waals surface area contributed by atoms with Gasteiger partial charge in [0.15, 0.2) is 0 Å². The van der Waals surface area contributed by atoms with Gasteiger partial charge in [0.05, 0.1) is 11.3 Å². The van der Waals surface area contributed by atoms with Crippen LogP contribution in [0.25, 0.3) is 0 Å². The minimum Gasteiger partial charge on any atom is -0.481 e. The molecule has 1 amide bonds. The minimum absolute atomic E-state index is 0.0562. The summed E-state index contributed by atoms with van der Waals surface area (Å²) in [4.78, 5) is 21.7. The molecule has 1 aromatic rings. The van der Waals surface area contributed by atoms with Crippen molar-refractivity contribution in [2.75, 3.05) is 18.1 Å². The van der Waals surface area contributed by atoms with Crippen molar-refractivity contribution in [1.82, 2.24) is 5.32 Å². The van der Waals surface area contributed by atoms with Crippen LogP contribution >= 0.6 is 11.8 Å². The number of aliphatic carboxylic acids is 1. The van der Waals surface area contributed by atoms with Gasteiger partial charge >= 0.3 is 5.97 Å². The number of furan rings is 1. The van der Waals surface area contributed by atoms with E-state index in [0.717, 1.165) is 0 Å². The van der Waals surface area contributed by atoms with Crippen LogP contribution in [0.2, 0.25) is 0 Å². The zero-order chi connectivity index (χ0) is 12.0. The molecule has 1 aromatic heterocycles. The molecule has 0 aliphatic carbocycles. The van der Waals surface area contributed by atoms with Crippen molar-refractivity contribution >= 4 is 23.6 Å². The zero-order valence-corrected chi connectivity index (χ0v) is 9.67. The summed E-state index contributed by atoms with van der Waals surface area (Å²) in [6, 6.07) is 1.65. The summed E-state index contributed by atoms with van der Waals surface area (Å²) in [5.41, 5.74) is 0.487. The number of hydrogen-bond donors (Lipinski definition) is 2. The number of nitrogens with one attached hydrogen (secondary N) is 1. The molecule has 0 radical (unpaired) electrons. The maximum Gasteiger partial charge on any atom is 0.313 e. The standard InChI is InChI=1S/C10H13NO4S/c1-7-4-8(5-15-7)10(14)11-2-3-16-6-9(12)13/h4-5H,2-3,6H2,1H3,(H,11,14)(H,12,13). The first-order valence-electron chi connectivity index (χ1n) is 4.72. The van der Waals surface area contributed by atoms with Crippen molar-refractivity contribution in [2.24, 2.45) is 0 Å². The summed E-state index contributed by atoms with van der Waals surface area (Å²) in [7, 11) is 0. The van der Waals surface area contributed by atoms with E-state index in [2.05, 4.69) is 5.32 Å². The summed E-state index contributed by atoms with van der Waals surface area (Å²) >= 11 is 1.27. The first-order valence-corrected chi connectivity index (χ1v) is 5.88. The lowest BCUT2D eigenvalue weighted by Gasteiger charge is -2.01. The van der Waals surface area contributed by atoms with E-state index >= 15 is 0 Å². The molecular weight excluding hydrogens is 230 g/mol. The average molecular weight is 243 g/mol. The molecule has 0 atom stereocenters. The highest BCUT2D eigenvalue weighted by Crippen LogP contribution is 2.05. The van der Waals surface area contributed by atoms with Crippen LogP contribution in [0, 0.1) is 6.92 Å². The number of rotatable bonds is 6. The van der Waals surface area contributed by atoms with E-state index in [9.17, 15) is 9.59 Å². The lowest BCUT2D eigenvalue weighted by molar-refractivity contribution is -0.133. The summed E-state index contributed by atoms with van der Waals surface area (Å²) in [5, 5.41) is 11.1. The second kappa shape index (κ2) is 6.22. The molecular formula is C10H13NO4S. The van der Waals surface area contributed by atoms with Crippen LogP contribution < -0.4 is 5.32 Å². The van der Waals surface area contributed by atoms with Crippen molar-refractivity contribution in [2.45, 2.75) is 6.92 Å². The number of carboxylic acids is 1. The number of carboxylic acid groups (broad SMARTS) is 1. The molecule has 0 aliphatic heterocycles. The molecule has 0 spiro atoms. The number of aryl methyl sites for hydroxylation is 1. The molecule has 16 heavy (non-hydrogen) atoms. The lowest BCUT2D eigenvalue weighted by atomic mass is 10.3. The van der Waals surface area contributed by atoms with E-state index in [1.807, 2.05) is 0 Å². The molecule has 5 nitrogen and oxygen atoms in total. The smallest absolute Gasteiger partial charge is 0.313 e. The van der Waals surface area contributed by atoms with Crippen LogP contribution in [0.15, 0.2) is 16.7 Å². The molecule has 0 aromatic carbocycles. The summed E-state index contributed by atoms with van der Waals surface area (Å²) in [5.74, 6) is 0.273. The molecule has 0 aliphatic rings. The molecule has 0 bridgehead atoms. The third-order valence-corrected chi connectivity index (χ3v) is 2.69. The Labute approximate surface area is 97.2 Å². The Morgan fingerprint density at radius 1 is 1.56 bits per heavy atom. The molecule has 1 heterocycles. The number of amides is 1. The van der Waals surface area contributed by atoms with Crippen molar-refractivity contribution in [1.29, 1.82) is 0 Å². The van der Waals surface area contributed by atoms with Gasteiger partial charge in [-0.2, -0.15) is 0 Å². The van der Waals surface area contributed by atoms with Gasteiger partial charge in [-0.1, -0.05) is 0 Å². The summed E-state index contributed by atoms with van der Waals surface area (Å²) in [6.07, 6.45) is 1.40. The van der Waals surface area contributed by atoms with Crippen LogP contribution in [0.5, 0.6) is 0 Å². The van der Waals surface area contributed by atoms with E-state index in [-0.39, 0.29) is 11.7 Å². The predicted octanol–water partition coefficient (Wildman–Crippen LogP) is 1.14. The first kappa shape index (κ1) is 12.6. The molecule has 6 heteroatoms. The number of hydrogen-bond acceptors (Lipinski definition) is 4. The van der Waals surface area contributed by atoms with Gasteiger partial charge in [0.2, 0.25) is 0 Å². The largest absolute Gasteiger partial charge is 0.481 e. The monoisotopic (exact) mass is 243 g/mol. The lowest BCUT2D eigenvalue weighted by Crippen LogP contribution is -2.25. The first-order chi connectivity index (χ1) is 7.59. The van der Waals surface area contributed by atoms with Crippen molar-refractivity contribution < 1.29 is 19.1 Å². The molecule has 2 N–H and O–H groups in total. The SMILES string of the molecule is Cc1cc(C(=O)NCCSCC(=O)O)co1. The maximum absolute atomic E-state index is 11.5. The normalized spacial score (nSPS) is 10.1. The Kier molecular flexibility index (Phi) is 4.91. The average Bonchev–Trinajstić information content (AvgIpc) is 2.63. The number of carbonyl (C=O) groups is 2. The van der Waals surface area contributed by atoms with E-state index in [1.165, 1.54) is 18.0 Å². The molecule has 1 rings (SSSR count). The Hall–Kier alpha value is -1.43. The number of carbonyl (C=O) groups excluding carboxylic acids is 1. The fourth-order valence-corrected chi connectivity index (χ4v) is 1.63. The van der Waals surface area contributed by atoms with Crippen LogP contribution in [0.3, 0.4) is 0 Å². The van der Waals surface area contributed by atoms with E-state index in [4.69, 9.17) is 9.52 Å².